The van der Waals surface area contributed by atoms with Crippen molar-refractivity contribution >= 4 is 5.91 Å². The van der Waals surface area contributed by atoms with E-state index in [1.54, 1.807) is 0 Å². The third-order valence-electron chi connectivity index (χ3n) is 2.73. The molecule has 1 aromatic carbocycles. The molecule has 1 saturated heterocycles. The van der Waals surface area contributed by atoms with E-state index in [1.165, 1.54) is 12.1 Å². The minimum absolute atomic E-state index is 0.0108. The van der Waals surface area contributed by atoms with E-state index in [1.807, 2.05) is 0 Å². The van der Waals surface area contributed by atoms with E-state index < -0.39 is 11.7 Å². The predicted molar refractivity (Wildman–Crippen MR) is 63.0 cm³/mol. The predicted octanol–water partition coefficient (Wildman–Crippen LogP) is 0.249. The summed E-state index contributed by atoms with van der Waals surface area (Å²) in [6, 6.07) is 3.77. The zero-order valence-electron chi connectivity index (χ0n) is 9.78. The van der Waals surface area contributed by atoms with Crippen LogP contribution in [0.2, 0.25) is 0 Å². The molecule has 5 nitrogen and oxygen atoms in total. The zero-order valence-corrected chi connectivity index (χ0v) is 9.78. The van der Waals surface area contributed by atoms with Crippen LogP contribution in [0.25, 0.3) is 0 Å². The molecule has 1 aromatic rings. The quantitative estimate of drug-likeness (QED) is 0.723. The highest BCUT2D eigenvalue weighted by Gasteiger charge is 2.18. The summed E-state index contributed by atoms with van der Waals surface area (Å²) in [5.41, 5.74) is -0.325. The van der Waals surface area contributed by atoms with Crippen LogP contribution in [0.3, 0.4) is 0 Å². The number of morpholine rings is 1. The zero-order chi connectivity index (χ0) is 13.0. The van der Waals surface area contributed by atoms with E-state index in [-0.39, 0.29) is 17.4 Å². The van der Waals surface area contributed by atoms with E-state index >= 15 is 0 Å². The van der Waals surface area contributed by atoms with Crippen molar-refractivity contribution in [3.63, 3.8) is 0 Å². The van der Waals surface area contributed by atoms with Crippen LogP contribution in [0, 0.1) is 5.82 Å². The molecule has 0 spiro atoms. The number of benzene rings is 1. The fourth-order valence-corrected chi connectivity index (χ4v) is 1.79. The number of phenolic OH excluding ortho intramolecular Hbond substituents is 1. The van der Waals surface area contributed by atoms with Crippen molar-refractivity contribution < 1.29 is 19.0 Å². The molecule has 1 amide bonds. The van der Waals surface area contributed by atoms with E-state index in [4.69, 9.17) is 4.74 Å². The van der Waals surface area contributed by atoms with Crippen LogP contribution in [0.1, 0.15) is 10.4 Å². The van der Waals surface area contributed by atoms with Crippen molar-refractivity contribution in [1.82, 2.24) is 10.6 Å². The second-order valence-corrected chi connectivity index (χ2v) is 4.07. The highest BCUT2D eigenvalue weighted by molar-refractivity contribution is 5.97. The molecule has 98 valence electrons. The van der Waals surface area contributed by atoms with Crippen molar-refractivity contribution in [3.05, 3.63) is 29.6 Å². The van der Waals surface area contributed by atoms with Crippen LogP contribution in [-0.2, 0) is 4.74 Å². The van der Waals surface area contributed by atoms with Crippen molar-refractivity contribution in [1.29, 1.82) is 0 Å². The minimum Gasteiger partial charge on any atom is -0.507 e. The average Bonchev–Trinajstić information content (AvgIpc) is 2.37. The van der Waals surface area contributed by atoms with Gasteiger partial charge in [0.1, 0.15) is 17.1 Å². The van der Waals surface area contributed by atoms with Crippen LogP contribution in [-0.4, -0.2) is 43.4 Å². The van der Waals surface area contributed by atoms with Crippen LogP contribution in [0.5, 0.6) is 5.75 Å². The Morgan fingerprint density at radius 3 is 3.11 bits per heavy atom. The van der Waals surface area contributed by atoms with E-state index in [0.29, 0.717) is 19.8 Å². The van der Waals surface area contributed by atoms with E-state index in [0.717, 1.165) is 12.6 Å². The number of ether oxygens (including phenoxy) is 1. The normalized spacial score (nSPS) is 19.5. The number of rotatable bonds is 3. The smallest absolute Gasteiger partial charge is 0.258 e. The second-order valence-electron chi connectivity index (χ2n) is 4.07. The Bertz CT molecular complexity index is 413. The Hall–Kier alpha value is -1.66. The molecule has 0 aliphatic carbocycles. The fourth-order valence-electron chi connectivity index (χ4n) is 1.79. The molecular formula is C12H15FN2O3. The van der Waals surface area contributed by atoms with Crippen molar-refractivity contribution in [2.45, 2.75) is 6.04 Å². The summed E-state index contributed by atoms with van der Waals surface area (Å²) < 4.78 is 18.6. The Morgan fingerprint density at radius 2 is 2.44 bits per heavy atom. The molecule has 1 heterocycles. The molecule has 18 heavy (non-hydrogen) atoms. The summed E-state index contributed by atoms with van der Waals surface area (Å²) in [5.74, 6) is -1.72. The topological polar surface area (TPSA) is 70.6 Å². The Morgan fingerprint density at radius 1 is 1.61 bits per heavy atom. The molecule has 3 N–H and O–H groups in total. The standard InChI is InChI=1S/C12H15FN2O3/c13-9-2-1-3-10(16)11(9)12(17)15-6-8-7-18-5-4-14-8/h1-3,8,14,16H,4-7H2,(H,15,17). The second kappa shape index (κ2) is 5.79. The first kappa shape index (κ1) is 12.8. The van der Waals surface area contributed by atoms with Gasteiger partial charge in [0.2, 0.25) is 0 Å². The van der Waals surface area contributed by atoms with Gasteiger partial charge in [0.05, 0.1) is 13.2 Å². The lowest BCUT2D eigenvalue weighted by Crippen LogP contribution is -2.48. The van der Waals surface area contributed by atoms with Gasteiger partial charge in [-0.25, -0.2) is 4.39 Å². The molecular weight excluding hydrogens is 239 g/mol. The first-order valence-corrected chi connectivity index (χ1v) is 5.75. The average molecular weight is 254 g/mol. The third-order valence-corrected chi connectivity index (χ3v) is 2.73. The molecule has 1 unspecified atom stereocenters. The van der Waals surface area contributed by atoms with Gasteiger partial charge in [-0.05, 0) is 12.1 Å². The number of carbonyl (C=O) groups excluding carboxylic acids is 1. The van der Waals surface area contributed by atoms with Crippen LogP contribution in [0.15, 0.2) is 18.2 Å². The highest BCUT2D eigenvalue weighted by atomic mass is 19.1. The van der Waals surface area contributed by atoms with Gasteiger partial charge >= 0.3 is 0 Å². The number of nitrogens with one attached hydrogen (secondary N) is 2. The summed E-state index contributed by atoms with van der Waals surface area (Å²) in [7, 11) is 0. The number of amides is 1. The van der Waals surface area contributed by atoms with Gasteiger partial charge in [0.15, 0.2) is 0 Å². The Kier molecular flexibility index (Phi) is 4.11. The van der Waals surface area contributed by atoms with Gasteiger partial charge in [0.25, 0.3) is 5.91 Å². The Labute approximate surface area is 104 Å². The lowest BCUT2D eigenvalue weighted by atomic mass is 10.1. The molecule has 0 saturated carbocycles. The van der Waals surface area contributed by atoms with E-state index in [9.17, 15) is 14.3 Å². The summed E-state index contributed by atoms with van der Waals surface area (Å²) in [4.78, 5) is 11.7. The van der Waals surface area contributed by atoms with Crippen molar-refractivity contribution in [2.24, 2.45) is 0 Å². The first-order chi connectivity index (χ1) is 8.68. The molecule has 1 aliphatic rings. The number of carbonyl (C=O) groups is 1. The molecule has 1 fully saturated rings. The highest BCUT2D eigenvalue weighted by Crippen LogP contribution is 2.19. The van der Waals surface area contributed by atoms with Crippen LogP contribution >= 0.6 is 0 Å². The van der Waals surface area contributed by atoms with Crippen molar-refractivity contribution in [2.75, 3.05) is 26.3 Å². The maximum Gasteiger partial charge on any atom is 0.258 e. The third kappa shape index (κ3) is 2.96. The van der Waals surface area contributed by atoms with Gasteiger partial charge in [-0.3, -0.25) is 4.79 Å². The number of hydrogen-bond donors (Lipinski definition) is 3. The van der Waals surface area contributed by atoms with E-state index in [2.05, 4.69) is 10.6 Å². The minimum atomic E-state index is -0.736. The van der Waals surface area contributed by atoms with Crippen LogP contribution in [0.4, 0.5) is 4.39 Å². The molecule has 0 bridgehead atoms. The molecule has 6 heteroatoms. The Balaban J connectivity index is 1.95. The van der Waals surface area contributed by atoms with Gasteiger partial charge in [-0.15, -0.1) is 0 Å². The maximum absolute atomic E-state index is 13.4. The first-order valence-electron chi connectivity index (χ1n) is 5.75. The monoisotopic (exact) mass is 254 g/mol. The maximum atomic E-state index is 13.4. The van der Waals surface area contributed by atoms with Gasteiger partial charge in [-0.1, -0.05) is 6.07 Å². The molecule has 0 radical (unpaired) electrons. The summed E-state index contributed by atoms with van der Waals surface area (Å²) in [5, 5.41) is 15.2. The molecule has 1 atom stereocenters. The molecule has 1 aliphatic heterocycles. The largest absolute Gasteiger partial charge is 0.507 e. The summed E-state index contributed by atoms with van der Waals surface area (Å²) >= 11 is 0. The molecule has 0 aromatic heterocycles. The lowest BCUT2D eigenvalue weighted by Gasteiger charge is -2.24. The number of aromatic hydroxyl groups is 1. The van der Waals surface area contributed by atoms with Crippen LogP contribution < -0.4 is 10.6 Å². The molecule has 2 rings (SSSR count). The fraction of sp³-hybridized carbons (Fsp3) is 0.417. The summed E-state index contributed by atoms with van der Waals surface area (Å²) in [6.07, 6.45) is 0. The SMILES string of the molecule is O=C(NCC1COCCN1)c1c(O)cccc1F. The lowest BCUT2D eigenvalue weighted by molar-refractivity contribution is 0.0733. The number of phenols is 1. The number of hydrogen-bond acceptors (Lipinski definition) is 4. The van der Waals surface area contributed by atoms with Gasteiger partial charge < -0.3 is 20.5 Å². The summed E-state index contributed by atoms with van der Waals surface area (Å²) in [6.45, 7) is 2.21. The van der Waals surface area contributed by atoms with Gasteiger partial charge in [-0.2, -0.15) is 0 Å². The van der Waals surface area contributed by atoms with Gasteiger partial charge in [0, 0.05) is 19.1 Å². The number of halogens is 1. The van der Waals surface area contributed by atoms with Crippen molar-refractivity contribution in [3.8, 4) is 5.75 Å².